The lowest BCUT2D eigenvalue weighted by atomic mass is 10.1. The Morgan fingerprint density at radius 2 is 1.91 bits per heavy atom. The molecule has 8 nitrogen and oxygen atoms in total. The molecule has 3 heterocycles. The Balaban J connectivity index is 1.54. The van der Waals surface area contributed by atoms with Crippen LogP contribution in [0.25, 0.3) is 10.2 Å². The first-order chi connectivity index (χ1) is 16.5. The number of fused-ring (bicyclic) bond motifs is 1. The zero-order valence-corrected chi connectivity index (χ0v) is 19.1. The third-order valence-corrected chi connectivity index (χ3v) is 6.59. The van der Waals surface area contributed by atoms with Crippen LogP contribution in [-0.2, 0) is 16.1 Å². The van der Waals surface area contributed by atoms with E-state index in [1.165, 1.54) is 11.3 Å². The molecule has 0 N–H and O–H groups in total. The number of pyridine rings is 1. The second-order valence-corrected chi connectivity index (χ2v) is 8.76. The number of hydrogen-bond acceptors (Lipinski definition) is 7. The second kappa shape index (κ2) is 9.03. The molecule has 0 spiro atoms. The number of ether oxygens (including phenoxy) is 1. The van der Waals surface area contributed by atoms with Crippen LogP contribution in [0.2, 0.25) is 0 Å². The van der Waals surface area contributed by atoms with Crippen molar-refractivity contribution >= 4 is 50.1 Å². The Kier molecular flexibility index (Phi) is 5.77. The number of anilines is 2. The van der Waals surface area contributed by atoms with Gasteiger partial charge in [0, 0.05) is 36.9 Å². The first-order valence-electron chi connectivity index (χ1n) is 10.6. The summed E-state index contributed by atoms with van der Waals surface area (Å²) in [6.45, 7) is 0.259. The van der Waals surface area contributed by atoms with E-state index in [1.807, 2.05) is 30.3 Å². The zero-order valence-electron chi connectivity index (χ0n) is 18.3. The van der Waals surface area contributed by atoms with Crippen molar-refractivity contribution in [2.24, 2.45) is 0 Å². The molecule has 4 aromatic rings. The molecule has 0 bridgehead atoms. The molecule has 3 amide bonds. The third-order valence-electron chi connectivity index (χ3n) is 5.53. The van der Waals surface area contributed by atoms with E-state index in [0.717, 1.165) is 20.7 Å². The topological polar surface area (TPSA) is 92.7 Å². The molecular formula is C25H20N4O4S. The molecule has 1 fully saturated rings. The Bertz CT molecular complexity index is 1390. The molecule has 34 heavy (non-hydrogen) atoms. The average Bonchev–Trinajstić information content (AvgIpc) is 3.44. The summed E-state index contributed by atoms with van der Waals surface area (Å²) in [5.74, 6) is -0.137. The van der Waals surface area contributed by atoms with Crippen LogP contribution >= 0.6 is 11.3 Å². The highest BCUT2D eigenvalue weighted by Gasteiger charge is 2.31. The number of methoxy groups -OCH3 is 1. The van der Waals surface area contributed by atoms with Gasteiger partial charge in [0.05, 0.1) is 29.6 Å². The molecule has 1 aliphatic heterocycles. The Morgan fingerprint density at radius 3 is 2.65 bits per heavy atom. The van der Waals surface area contributed by atoms with Gasteiger partial charge in [-0.1, -0.05) is 23.5 Å². The molecule has 0 saturated carbocycles. The van der Waals surface area contributed by atoms with Crippen LogP contribution in [0.15, 0.2) is 67.0 Å². The summed E-state index contributed by atoms with van der Waals surface area (Å²) in [5.41, 5.74) is 2.32. The van der Waals surface area contributed by atoms with Crippen molar-refractivity contribution in [2.45, 2.75) is 19.4 Å². The average molecular weight is 473 g/mol. The van der Waals surface area contributed by atoms with E-state index in [1.54, 1.807) is 48.7 Å². The summed E-state index contributed by atoms with van der Waals surface area (Å²) in [6.07, 6.45) is 3.74. The van der Waals surface area contributed by atoms with Gasteiger partial charge in [0.15, 0.2) is 5.13 Å². The van der Waals surface area contributed by atoms with E-state index in [-0.39, 0.29) is 37.1 Å². The van der Waals surface area contributed by atoms with Gasteiger partial charge in [-0.25, -0.2) is 4.98 Å². The van der Waals surface area contributed by atoms with Crippen LogP contribution in [0.3, 0.4) is 0 Å². The van der Waals surface area contributed by atoms with Crippen molar-refractivity contribution in [3.63, 3.8) is 0 Å². The van der Waals surface area contributed by atoms with E-state index in [0.29, 0.717) is 22.1 Å². The van der Waals surface area contributed by atoms with E-state index < -0.39 is 0 Å². The number of imide groups is 1. The lowest BCUT2D eigenvalue weighted by Gasteiger charge is -2.21. The SMILES string of the molecule is COc1ccc2sc(N(Cc3cccnc3)C(=O)c3cccc(N4C(=O)CCC4=O)c3)nc2c1. The monoisotopic (exact) mass is 472 g/mol. The van der Waals surface area contributed by atoms with Crippen LogP contribution in [-0.4, -0.2) is 34.8 Å². The van der Waals surface area contributed by atoms with Gasteiger partial charge >= 0.3 is 0 Å². The number of benzene rings is 2. The smallest absolute Gasteiger partial charge is 0.260 e. The van der Waals surface area contributed by atoms with E-state index in [4.69, 9.17) is 9.72 Å². The van der Waals surface area contributed by atoms with Gasteiger partial charge in [-0.2, -0.15) is 0 Å². The van der Waals surface area contributed by atoms with E-state index in [2.05, 4.69) is 4.98 Å². The Hall–Kier alpha value is -4.11. The Labute approximate surface area is 199 Å². The quantitative estimate of drug-likeness (QED) is 0.391. The minimum absolute atomic E-state index is 0.180. The zero-order chi connectivity index (χ0) is 23.7. The molecule has 0 atom stereocenters. The van der Waals surface area contributed by atoms with Gasteiger partial charge in [0.2, 0.25) is 11.8 Å². The highest BCUT2D eigenvalue weighted by Crippen LogP contribution is 2.33. The second-order valence-electron chi connectivity index (χ2n) is 7.76. The van der Waals surface area contributed by atoms with Gasteiger partial charge in [-0.3, -0.25) is 29.2 Å². The third kappa shape index (κ3) is 4.13. The van der Waals surface area contributed by atoms with Crippen molar-refractivity contribution in [1.82, 2.24) is 9.97 Å². The number of amides is 3. The van der Waals surface area contributed by atoms with Crippen LogP contribution in [0.1, 0.15) is 28.8 Å². The maximum absolute atomic E-state index is 13.7. The highest BCUT2D eigenvalue weighted by molar-refractivity contribution is 7.22. The Morgan fingerprint density at radius 1 is 1.09 bits per heavy atom. The molecule has 0 aliphatic carbocycles. The van der Waals surface area contributed by atoms with E-state index in [9.17, 15) is 14.4 Å². The molecule has 2 aromatic heterocycles. The van der Waals surface area contributed by atoms with Crippen molar-refractivity contribution in [3.8, 4) is 5.75 Å². The number of carbonyl (C=O) groups is 3. The number of rotatable bonds is 6. The first-order valence-corrected chi connectivity index (χ1v) is 11.5. The first kappa shape index (κ1) is 21.7. The molecule has 1 aliphatic rings. The van der Waals surface area contributed by atoms with Crippen LogP contribution in [0.4, 0.5) is 10.8 Å². The van der Waals surface area contributed by atoms with Crippen molar-refractivity contribution in [1.29, 1.82) is 0 Å². The predicted octanol–water partition coefficient (Wildman–Crippen LogP) is 4.20. The summed E-state index contributed by atoms with van der Waals surface area (Å²) in [7, 11) is 1.59. The lowest BCUT2D eigenvalue weighted by Crippen LogP contribution is -2.31. The summed E-state index contributed by atoms with van der Waals surface area (Å²) < 4.78 is 6.22. The van der Waals surface area contributed by atoms with E-state index >= 15 is 0 Å². The van der Waals surface area contributed by atoms with Gasteiger partial charge in [0.25, 0.3) is 5.91 Å². The van der Waals surface area contributed by atoms with Crippen molar-refractivity contribution < 1.29 is 19.1 Å². The largest absolute Gasteiger partial charge is 0.497 e. The number of hydrogen-bond donors (Lipinski definition) is 0. The summed E-state index contributed by atoms with van der Waals surface area (Å²) >= 11 is 1.40. The van der Waals surface area contributed by atoms with Gasteiger partial charge < -0.3 is 4.74 Å². The highest BCUT2D eigenvalue weighted by atomic mass is 32.1. The van der Waals surface area contributed by atoms with Crippen LogP contribution in [0.5, 0.6) is 5.75 Å². The van der Waals surface area contributed by atoms with Crippen molar-refractivity contribution in [3.05, 3.63) is 78.1 Å². The number of carbonyl (C=O) groups excluding carboxylic acids is 3. The summed E-state index contributed by atoms with van der Waals surface area (Å²) in [5, 5.41) is 0.524. The fourth-order valence-electron chi connectivity index (χ4n) is 3.84. The summed E-state index contributed by atoms with van der Waals surface area (Å²) in [6, 6.07) is 15.9. The minimum atomic E-state index is -0.296. The van der Waals surface area contributed by atoms with Crippen molar-refractivity contribution in [2.75, 3.05) is 16.9 Å². The van der Waals surface area contributed by atoms with Gasteiger partial charge in [-0.15, -0.1) is 0 Å². The number of nitrogens with zero attached hydrogens (tertiary/aromatic N) is 4. The molecule has 0 unspecified atom stereocenters. The number of aromatic nitrogens is 2. The molecule has 2 aromatic carbocycles. The van der Waals surface area contributed by atoms with Crippen LogP contribution in [0, 0.1) is 0 Å². The molecule has 170 valence electrons. The minimum Gasteiger partial charge on any atom is -0.497 e. The van der Waals surface area contributed by atoms with Crippen LogP contribution < -0.4 is 14.5 Å². The molecular weight excluding hydrogens is 452 g/mol. The standard InChI is InChI=1S/C25H20N4O4S/c1-33-19-7-8-21-20(13-19)27-25(34-21)28(15-16-4-3-11-26-14-16)24(32)17-5-2-6-18(12-17)29-22(30)9-10-23(29)31/h2-8,11-14H,9-10,15H2,1H3. The maximum Gasteiger partial charge on any atom is 0.260 e. The molecule has 5 rings (SSSR count). The molecule has 9 heteroatoms. The number of thiazole rings is 1. The molecule has 0 radical (unpaired) electrons. The van der Waals surface area contributed by atoms with Gasteiger partial charge in [0.1, 0.15) is 5.75 Å². The fraction of sp³-hybridized carbons (Fsp3) is 0.160. The lowest BCUT2D eigenvalue weighted by molar-refractivity contribution is -0.121. The van der Waals surface area contributed by atoms with Gasteiger partial charge in [-0.05, 0) is 42.0 Å². The predicted molar refractivity (Wildman–Crippen MR) is 129 cm³/mol. The fourth-order valence-corrected chi connectivity index (χ4v) is 4.78. The summed E-state index contributed by atoms with van der Waals surface area (Å²) in [4.78, 5) is 49.7. The normalized spacial score (nSPS) is 13.5. The molecule has 1 saturated heterocycles. The maximum atomic E-state index is 13.7.